The molecule has 0 aliphatic rings. The number of halogens is 2. The van der Waals surface area contributed by atoms with Crippen LogP contribution in [-0.2, 0) is 0 Å². The summed E-state index contributed by atoms with van der Waals surface area (Å²) in [5.41, 5.74) is 2.00. The van der Waals surface area contributed by atoms with Gasteiger partial charge in [0, 0.05) is 5.56 Å². The molecule has 0 amide bonds. The lowest BCUT2D eigenvalue weighted by atomic mass is 10.1. The molecule has 1 aromatic carbocycles. The molecule has 72 valence electrons. The summed E-state index contributed by atoms with van der Waals surface area (Å²) in [7, 11) is 0. The van der Waals surface area contributed by atoms with E-state index in [0.29, 0.717) is 5.02 Å². The first-order valence-electron chi connectivity index (χ1n) is 3.92. The van der Waals surface area contributed by atoms with E-state index in [-0.39, 0.29) is 5.28 Å². The molecule has 0 radical (unpaired) electrons. The first kappa shape index (κ1) is 9.90. The minimum absolute atomic E-state index is 0.265. The summed E-state index contributed by atoms with van der Waals surface area (Å²) in [6.45, 7) is 1.99. The number of aryl methyl sites for hydroxylation is 1. The lowest BCUT2D eigenvalue weighted by Crippen LogP contribution is -1.79. The summed E-state index contributed by atoms with van der Waals surface area (Å²) < 4.78 is 3.89. The Labute approximate surface area is 95.7 Å². The minimum atomic E-state index is 0.265. The van der Waals surface area contributed by atoms with Crippen LogP contribution in [0.25, 0.3) is 10.6 Å². The highest BCUT2D eigenvalue weighted by atomic mass is 35.5. The van der Waals surface area contributed by atoms with Gasteiger partial charge in [-0.15, -0.1) is 0 Å². The summed E-state index contributed by atoms with van der Waals surface area (Å²) in [4.78, 5) is 4.06. The van der Waals surface area contributed by atoms with E-state index < -0.39 is 0 Å². The van der Waals surface area contributed by atoms with Crippen LogP contribution >= 0.6 is 34.7 Å². The van der Waals surface area contributed by atoms with Crippen LogP contribution < -0.4 is 0 Å². The third-order valence-electron chi connectivity index (χ3n) is 1.76. The fourth-order valence-electron chi connectivity index (χ4n) is 1.11. The molecule has 0 bridgehead atoms. The van der Waals surface area contributed by atoms with E-state index in [1.807, 2.05) is 25.1 Å². The Morgan fingerprint density at radius 2 is 2.07 bits per heavy atom. The van der Waals surface area contributed by atoms with Crippen LogP contribution in [0, 0.1) is 6.92 Å². The van der Waals surface area contributed by atoms with Crippen LogP contribution in [-0.4, -0.2) is 9.36 Å². The Hall–Kier alpha value is -0.640. The molecule has 1 aromatic heterocycles. The molecule has 0 saturated heterocycles. The van der Waals surface area contributed by atoms with Crippen LogP contribution in [0.4, 0.5) is 0 Å². The van der Waals surface area contributed by atoms with Gasteiger partial charge in [-0.3, -0.25) is 0 Å². The van der Waals surface area contributed by atoms with Crippen molar-refractivity contribution in [2.45, 2.75) is 6.92 Å². The zero-order valence-electron chi connectivity index (χ0n) is 7.29. The zero-order valence-corrected chi connectivity index (χ0v) is 9.62. The second-order valence-corrected chi connectivity index (χ2v) is 4.35. The van der Waals surface area contributed by atoms with E-state index in [1.54, 1.807) is 0 Å². The summed E-state index contributed by atoms with van der Waals surface area (Å²) >= 11 is 13.0. The third kappa shape index (κ3) is 1.90. The van der Waals surface area contributed by atoms with Gasteiger partial charge in [0.1, 0.15) is 5.01 Å². The smallest absolute Gasteiger partial charge is 0.204 e. The summed E-state index contributed by atoms with van der Waals surface area (Å²) in [6.07, 6.45) is 0. The fraction of sp³-hybridized carbons (Fsp3) is 0.111. The van der Waals surface area contributed by atoms with E-state index in [1.165, 1.54) is 11.5 Å². The SMILES string of the molecule is Cc1ccc(-c2nc(Cl)ns2)c(Cl)c1. The predicted molar refractivity (Wildman–Crippen MR) is 60.1 cm³/mol. The molecule has 1 heterocycles. The molecule has 14 heavy (non-hydrogen) atoms. The second-order valence-electron chi connectivity index (χ2n) is 2.85. The first-order chi connectivity index (χ1) is 6.66. The van der Waals surface area contributed by atoms with Crippen molar-refractivity contribution < 1.29 is 0 Å². The highest BCUT2D eigenvalue weighted by molar-refractivity contribution is 7.09. The summed E-state index contributed by atoms with van der Waals surface area (Å²) in [6, 6.07) is 5.80. The Morgan fingerprint density at radius 3 is 2.64 bits per heavy atom. The molecule has 0 atom stereocenters. The molecule has 0 unspecified atom stereocenters. The molecule has 0 fully saturated rings. The number of aromatic nitrogens is 2. The van der Waals surface area contributed by atoms with Crippen molar-refractivity contribution in [3.05, 3.63) is 34.1 Å². The van der Waals surface area contributed by atoms with Gasteiger partial charge in [-0.2, -0.15) is 4.37 Å². The van der Waals surface area contributed by atoms with Crippen molar-refractivity contribution >= 4 is 34.7 Å². The molecule has 0 aliphatic carbocycles. The molecule has 0 N–H and O–H groups in total. The Kier molecular flexibility index (Phi) is 2.72. The Balaban J connectivity index is 2.52. The topological polar surface area (TPSA) is 25.8 Å². The number of hydrogen-bond donors (Lipinski definition) is 0. The minimum Gasteiger partial charge on any atom is -0.204 e. The van der Waals surface area contributed by atoms with E-state index in [0.717, 1.165) is 16.1 Å². The molecule has 2 rings (SSSR count). The van der Waals surface area contributed by atoms with E-state index in [2.05, 4.69) is 9.36 Å². The zero-order chi connectivity index (χ0) is 10.1. The average Bonchev–Trinajstić information content (AvgIpc) is 2.51. The monoisotopic (exact) mass is 244 g/mol. The van der Waals surface area contributed by atoms with Crippen molar-refractivity contribution in [3.63, 3.8) is 0 Å². The molecule has 5 heteroatoms. The van der Waals surface area contributed by atoms with Crippen molar-refractivity contribution in [1.29, 1.82) is 0 Å². The predicted octanol–water partition coefficient (Wildman–Crippen LogP) is 3.82. The Bertz CT molecular complexity index is 468. The molecule has 0 saturated carbocycles. The van der Waals surface area contributed by atoms with Crippen LogP contribution in [0.5, 0.6) is 0 Å². The van der Waals surface area contributed by atoms with Gasteiger partial charge in [-0.25, -0.2) is 4.98 Å². The number of benzene rings is 1. The maximum atomic E-state index is 6.07. The second kappa shape index (κ2) is 3.85. The maximum Gasteiger partial charge on any atom is 0.234 e. The van der Waals surface area contributed by atoms with Gasteiger partial charge in [-0.05, 0) is 41.7 Å². The molecular formula is C9H6Cl2N2S. The number of rotatable bonds is 1. The van der Waals surface area contributed by atoms with Crippen LogP contribution in [0.1, 0.15) is 5.56 Å². The van der Waals surface area contributed by atoms with Crippen molar-refractivity contribution in [1.82, 2.24) is 9.36 Å². The van der Waals surface area contributed by atoms with E-state index >= 15 is 0 Å². The molecule has 0 aliphatic heterocycles. The van der Waals surface area contributed by atoms with Gasteiger partial charge in [0.2, 0.25) is 5.28 Å². The highest BCUT2D eigenvalue weighted by Gasteiger charge is 2.08. The average molecular weight is 245 g/mol. The highest BCUT2D eigenvalue weighted by Crippen LogP contribution is 2.30. The van der Waals surface area contributed by atoms with Gasteiger partial charge in [0.15, 0.2) is 0 Å². The van der Waals surface area contributed by atoms with Gasteiger partial charge in [-0.1, -0.05) is 23.7 Å². The molecule has 2 aromatic rings. The maximum absolute atomic E-state index is 6.07. The largest absolute Gasteiger partial charge is 0.234 e. The normalized spacial score (nSPS) is 10.5. The van der Waals surface area contributed by atoms with Gasteiger partial charge < -0.3 is 0 Å². The fourth-order valence-corrected chi connectivity index (χ4v) is 2.33. The van der Waals surface area contributed by atoms with Crippen molar-refractivity contribution in [3.8, 4) is 10.6 Å². The van der Waals surface area contributed by atoms with E-state index in [9.17, 15) is 0 Å². The lowest BCUT2D eigenvalue weighted by Gasteiger charge is -2.00. The van der Waals surface area contributed by atoms with Crippen LogP contribution in [0.3, 0.4) is 0 Å². The summed E-state index contributed by atoms with van der Waals surface area (Å²) in [5.74, 6) is 0. The quantitative estimate of drug-likeness (QED) is 0.763. The summed E-state index contributed by atoms with van der Waals surface area (Å²) in [5, 5.41) is 1.69. The first-order valence-corrected chi connectivity index (χ1v) is 5.45. The number of hydrogen-bond acceptors (Lipinski definition) is 3. The van der Waals surface area contributed by atoms with Crippen molar-refractivity contribution in [2.24, 2.45) is 0 Å². The van der Waals surface area contributed by atoms with Gasteiger partial charge in [0.25, 0.3) is 0 Å². The van der Waals surface area contributed by atoms with Gasteiger partial charge >= 0.3 is 0 Å². The number of nitrogens with zero attached hydrogens (tertiary/aromatic N) is 2. The standard InChI is InChI=1S/C9H6Cl2N2S/c1-5-2-3-6(7(10)4-5)8-12-9(11)13-14-8/h2-4H,1H3. The molecule has 0 spiro atoms. The lowest BCUT2D eigenvalue weighted by molar-refractivity contribution is 1.33. The van der Waals surface area contributed by atoms with E-state index in [4.69, 9.17) is 23.2 Å². The molecule has 2 nitrogen and oxygen atoms in total. The third-order valence-corrected chi connectivity index (χ3v) is 3.09. The van der Waals surface area contributed by atoms with Gasteiger partial charge in [0.05, 0.1) is 5.02 Å². The van der Waals surface area contributed by atoms with Crippen molar-refractivity contribution in [2.75, 3.05) is 0 Å². The Morgan fingerprint density at radius 1 is 1.29 bits per heavy atom. The molecular weight excluding hydrogens is 239 g/mol. The van der Waals surface area contributed by atoms with Crippen LogP contribution in [0.2, 0.25) is 10.3 Å². The van der Waals surface area contributed by atoms with Crippen LogP contribution in [0.15, 0.2) is 18.2 Å².